The van der Waals surface area contributed by atoms with Gasteiger partial charge in [0.15, 0.2) is 6.23 Å². The second kappa shape index (κ2) is 14.8. The quantitative estimate of drug-likeness (QED) is 0.241. The van der Waals surface area contributed by atoms with Crippen LogP contribution in [0, 0.1) is 0 Å². The van der Waals surface area contributed by atoms with Gasteiger partial charge >= 0.3 is 66.2 Å². The molecule has 1 saturated heterocycles. The smallest absolute Gasteiger partial charge is 0.790 e. The Morgan fingerprint density at radius 3 is 2.13 bits per heavy atom. The van der Waals surface area contributed by atoms with Crippen molar-refractivity contribution in [2.24, 2.45) is 0 Å². The average Bonchev–Trinajstić information content (AvgIpc) is 2.71. The minimum Gasteiger partial charge on any atom is -0.790 e. The van der Waals surface area contributed by atoms with E-state index in [9.17, 15) is 43.6 Å². The van der Waals surface area contributed by atoms with Crippen LogP contribution in [0.4, 0.5) is 0 Å². The molecule has 0 saturated carbocycles. The number of aliphatic hydroxyl groups is 2. The molecule has 30 heavy (non-hydrogen) atoms. The molecule has 1 aromatic heterocycles. The number of H-pyrrole nitrogens is 1. The van der Waals surface area contributed by atoms with Crippen molar-refractivity contribution >= 4 is 15.6 Å². The molecule has 2 rings (SSSR count). The zero-order valence-electron chi connectivity index (χ0n) is 16.5. The van der Waals surface area contributed by atoms with Crippen molar-refractivity contribution in [2.45, 2.75) is 24.5 Å². The first-order chi connectivity index (χ1) is 11.4. The van der Waals surface area contributed by atoms with Crippen molar-refractivity contribution in [3.05, 3.63) is 33.1 Å². The number of aliphatic hydroxyl groups excluding tert-OH is 2. The van der Waals surface area contributed by atoms with Gasteiger partial charge < -0.3 is 55.1 Å². The third kappa shape index (κ3) is 10.5. The van der Waals surface area contributed by atoms with Gasteiger partial charge in [0.05, 0.1) is 14.4 Å². The SMILES string of the molecule is O.O.O.O=c1ccn([C@@H]2O[C@H](COP(=O)([O-])OP(=O)([O-])[O-])[C@@H](O)[C@H]2O)c(=O)[nH]1.[H+].[Na+].[Na+]. The summed E-state index contributed by atoms with van der Waals surface area (Å²) in [5.41, 5.74) is -1.69. The summed E-state index contributed by atoms with van der Waals surface area (Å²) in [5, 5.41) is 19.7. The summed E-state index contributed by atoms with van der Waals surface area (Å²) in [6, 6.07) is 0.938. The van der Waals surface area contributed by atoms with Gasteiger partial charge in [-0.2, -0.15) is 0 Å². The Labute approximate surface area is 212 Å². The molecule has 0 bridgehead atoms. The van der Waals surface area contributed by atoms with Gasteiger partial charge in [-0.05, 0) is 0 Å². The number of aromatic amines is 1. The van der Waals surface area contributed by atoms with E-state index in [0.29, 0.717) is 0 Å². The second-order valence-electron chi connectivity index (χ2n) is 4.84. The van der Waals surface area contributed by atoms with Crippen LogP contribution >= 0.6 is 15.6 Å². The van der Waals surface area contributed by atoms with E-state index in [4.69, 9.17) is 4.74 Å². The summed E-state index contributed by atoms with van der Waals surface area (Å²) in [5.74, 6) is 0. The molecule has 1 aliphatic rings. The molecule has 5 atom stereocenters. The summed E-state index contributed by atoms with van der Waals surface area (Å²) in [7, 11) is -11.4. The number of rotatable bonds is 6. The van der Waals surface area contributed by atoms with Crippen molar-refractivity contribution in [1.29, 1.82) is 0 Å². The molecule has 0 aliphatic carbocycles. The zero-order valence-corrected chi connectivity index (χ0v) is 21.3. The molecule has 9 N–H and O–H groups in total. The normalized spacial score (nSPS) is 24.6. The van der Waals surface area contributed by atoms with Crippen LogP contribution in [0.15, 0.2) is 21.9 Å². The van der Waals surface area contributed by atoms with Crippen LogP contribution in [-0.2, 0) is 22.7 Å². The van der Waals surface area contributed by atoms with Crippen LogP contribution in [0.3, 0.4) is 0 Å². The van der Waals surface area contributed by atoms with E-state index in [2.05, 4.69) is 8.83 Å². The van der Waals surface area contributed by atoms with Gasteiger partial charge in [-0.15, -0.1) is 0 Å². The summed E-state index contributed by atoms with van der Waals surface area (Å²) >= 11 is 0. The summed E-state index contributed by atoms with van der Waals surface area (Å²) in [6.45, 7) is -1.02. The molecular formula is C9H18N2Na2O15P2. The largest absolute Gasteiger partial charge is 1.00 e. The van der Waals surface area contributed by atoms with Gasteiger partial charge in [-0.25, -0.2) is 4.79 Å². The Kier molecular flexibility index (Phi) is 18.7. The Bertz CT molecular complexity index is 848. The van der Waals surface area contributed by atoms with Crippen LogP contribution in [-0.4, -0.2) is 61.1 Å². The molecule has 21 heteroatoms. The van der Waals surface area contributed by atoms with Crippen molar-refractivity contribution in [1.82, 2.24) is 9.55 Å². The summed E-state index contributed by atoms with van der Waals surface area (Å²) < 4.78 is 34.6. The van der Waals surface area contributed by atoms with E-state index in [1.165, 1.54) is 0 Å². The summed E-state index contributed by atoms with van der Waals surface area (Å²) in [4.78, 5) is 56.2. The minimum atomic E-state index is -5.88. The van der Waals surface area contributed by atoms with Crippen molar-refractivity contribution < 1.29 is 125 Å². The van der Waals surface area contributed by atoms with Crippen molar-refractivity contribution in [2.75, 3.05) is 6.61 Å². The maximum Gasteiger partial charge on any atom is 1.00 e. The van der Waals surface area contributed by atoms with Gasteiger partial charge in [-0.1, -0.05) is 0 Å². The standard InChI is InChI=1S/C9H14N2O12P2.2Na.3H2O/c12-5-1-2-11(9(15)10-5)8-7(14)6(13)4(22-8)3-21-25(19,20)23-24(16,17)18;;;;;/h1-2,4,6-8,13-14H,3H2,(H,19,20)(H,10,12,15)(H2,16,17,18);;;3*1H2/q;2*+1;;;/p-2/t4-,6-,7-,8-;;;;;/m1...../s1. The van der Waals surface area contributed by atoms with E-state index < -0.39 is 58.0 Å². The number of hydrogen-bond donors (Lipinski definition) is 3. The molecule has 17 nitrogen and oxygen atoms in total. The molecule has 1 fully saturated rings. The number of ether oxygens (including phenoxy) is 1. The monoisotopic (exact) mass is 502 g/mol. The van der Waals surface area contributed by atoms with Gasteiger partial charge in [0.2, 0.25) is 0 Å². The van der Waals surface area contributed by atoms with Crippen molar-refractivity contribution in [3.63, 3.8) is 0 Å². The molecule has 0 aromatic carbocycles. The number of phosphoric acid groups is 2. The van der Waals surface area contributed by atoms with Gasteiger partial charge in [0.25, 0.3) is 13.4 Å². The van der Waals surface area contributed by atoms with E-state index in [0.717, 1.165) is 16.8 Å². The fourth-order valence-corrected chi connectivity index (χ4v) is 3.53. The summed E-state index contributed by atoms with van der Waals surface area (Å²) in [6.07, 6.45) is -5.51. The van der Waals surface area contributed by atoms with E-state index >= 15 is 0 Å². The predicted molar refractivity (Wildman–Crippen MR) is 81.4 cm³/mol. The average molecular weight is 502 g/mol. The number of nitrogens with zero attached hydrogens (tertiary/aromatic N) is 1. The molecule has 0 radical (unpaired) electrons. The maximum absolute atomic E-state index is 11.6. The van der Waals surface area contributed by atoms with Crippen LogP contribution in [0.5, 0.6) is 0 Å². The first kappa shape index (κ1) is 38.0. The molecular weight excluding hydrogens is 484 g/mol. The molecule has 1 unspecified atom stereocenters. The number of aromatic nitrogens is 2. The Morgan fingerprint density at radius 2 is 1.67 bits per heavy atom. The predicted octanol–water partition coefficient (Wildman–Crippen LogP) is -12.9. The first-order valence-corrected chi connectivity index (χ1v) is 9.34. The third-order valence-electron chi connectivity index (χ3n) is 3.06. The second-order valence-corrected chi connectivity index (χ2v) is 7.54. The fraction of sp³-hybridized carbons (Fsp3) is 0.556. The number of phosphoric ester groups is 1. The molecule has 166 valence electrons. The van der Waals surface area contributed by atoms with Gasteiger partial charge in [0.1, 0.15) is 18.3 Å². The van der Waals surface area contributed by atoms with Gasteiger partial charge in [0, 0.05) is 12.3 Å². The number of hydrogen-bond acceptors (Lipinski definition) is 12. The zero-order chi connectivity index (χ0) is 19.0. The fourth-order valence-electron chi connectivity index (χ4n) is 2.04. The Morgan fingerprint density at radius 1 is 1.13 bits per heavy atom. The first-order valence-electron chi connectivity index (χ1n) is 6.42. The molecule has 0 amide bonds. The molecule has 1 aliphatic heterocycles. The molecule has 2 heterocycles. The van der Waals surface area contributed by atoms with Crippen LogP contribution in [0.1, 0.15) is 7.65 Å². The molecule has 0 spiro atoms. The van der Waals surface area contributed by atoms with Crippen LogP contribution < -0.4 is 85.0 Å². The number of nitrogens with one attached hydrogen (secondary N) is 1. The molecule has 1 aromatic rings. The van der Waals surface area contributed by atoms with E-state index in [-0.39, 0.29) is 77.0 Å². The third-order valence-corrected chi connectivity index (χ3v) is 5.12. The minimum absolute atomic E-state index is 0. The van der Waals surface area contributed by atoms with E-state index in [1.807, 2.05) is 4.98 Å². The van der Waals surface area contributed by atoms with Crippen molar-refractivity contribution in [3.8, 4) is 0 Å². The Balaban J connectivity index is -0.000000376. The van der Waals surface area contributed by atoms with E-state index in [1.54, 1.807) is 0 Å². The van der Waals surface area contributed by atoms with Crippen LogP contribution in [0.2, 0.25) is 0 Å². The van der Waals surface area contributed by atoms with Crippen LogP contribution in [0.25, 0.3) is 0 Å². The topological polar surface area (TPSA) is 321 Å². The Hall–Kier alpha value is 0.700. The van der Waals surface area contributed by atoms with Gasteiger partial charge in [-0.3, -0.25) is 23.2 Å². The maximum atomic E-state index is 11.6.